The molecule has 0 spiro atoms. The molecule has 23 heavy (non-hydrogen) atoms. The Morgan fingerprint density at radius 2 is 1.96 bits per heavy atom. The van der Waals surface area contributed by atoms with Gasteiger partial charge in [0.2, 0.25) is 11.8 Å². The predicted molar refractivity (Wildman–Crippen MR) is 88.9 cm³/mol. The highest BCUT2D eigenvalue weighted by Crippen LogP contribution is 2.07. The largest absolute Gasteiger partial charge is 0.347 e. The Hall–Kier alpha value is -2.63. The number of benzene rings is 1. The Balaban J connectivity index is 1.78. The van der Waals surface area contributed by atoms with Crippen LogP contribution >= 0.6 is 0 Å². The van der Waals surface area contributed by atoms with Crippen molar-refractivity contribution in [2.75, 3.05) is 11.9 Å². The average molecular weight is 314 g/mol. The maximum absolute atomic E-state index is 11.8. The standard InChI is InChI=1S/C17H22N4O2/c1-13(2)17(23)18-11-16(22)20-15-10-19-21(12-15)9-8-14-6-4-3-5-7-14/h3-7,10,12-13H,8-9,11H2,1-2H3,(H,18,23)(H,20,22). The topological polar surface area (TPSA) is 76.0 Å². The van der Waals surface area contributed by atoms with Crippen LogP contribution in [0.4, 0.5) is 5.69 Å². The summed E-state index contributed by atoms with van der Waals surface area (Å²) in [5.74, 6) is -0.538. The summed E-state index contributed by atoms with van der Waals surface area (Å²) in [6, 6.07) is 10.2. The summed E-state index contributed by atoms with van der Waals surface area (Å²) in [5.41, 5.74) is 1.87. The Kier molecular flexibility index (Phi) is 5.91. The van der Waals surface area contributed by atoms with Crippen LogP contribution in [-0.2, 0) is 22.6 Å². The third kappa shape index (κ3) is 5.58. The van der Waals surface area contributed by atoms with Crippen LogP contribution in [0.5, 0.6) is 0 Å². The molecule has 2 N–H and O–H groups in total. The molecule has 2 rings (SSSR count). The molecular weight excluding hydrogens is 292 g/mol. The van der Waals surface area contributed by atoms with E-state index in [1.807, 2.05) is 18.2 Å². The van der Waals surface area contributed by atoms with Crippen molar-refractivity contribution in [3.63, 3.8) is 0 Å². The lowest BCUT2D eigenvalue weighted by Crippen LogP contribution is -2.35. The van der Waals surface area contributed by atoms with E-state index in [9.17, 15) is 9.59 Å². The van der Waals surface area contributed by atoms with E-state index in [0.717, 1.165) is 13.0 Å². The van der Waals surface area contributed by atoms with Crippen molar-refractivity contribution in [3.05, 3.63) is 48.3 Å². The molecule has 0 aliphatic heterocycles. The minimum Gasteiger partial charge on any atom is -0.347 e. The van der Waals surface area contributed by atoms with Gasteiger partial charge >= 0.3 is 0 Å². The second kappa shape index (κ2) is 8.12. The van der Waals surface area contributed by atoms with E-state index < -0.39 is 0 Å². The normalized spacial score (nSPS) is 10.6. The molecule has 0 aliphatic rings. The summed E-state index contributed by atoms with van der Waals surface area (Å²) in [7, 11) is 0. The fraction of sp³-hybridized carbons (Fsp3) is 0.353. The van der Waals surface area contributed by atoms with E-state index in [2.05, 4.69) is 27.9 Å². The lowest BCUT2D eigenvalue weighted by molar-refractivity contribution is -0.126. The van der Waals surface area contributed by atoms with Gasteiger partial charge in [0, 0.05) is 18.7 Å². The van der Waals surface area contributed by atoms with Crippen LogP contribution in [0.1, 0.15) is 19.4 Å². The smallest absolute Gasteiger partial charge is 0.243 e. The third-order valence-corrected chi connectivity index (χ3v) is 3.34. The van der Waals surface area contributed by atoms with Gasteiger partial charge < -0.3 is 10.6 Å². The maximum Gasteiger partial charge on any atom is 0.243 e. The molecule has 1 heterocycles. The molecule has 2 aromatic rings. The van der Waals surface area contributed by atoms with Crippen LogP contribution < -0.4 is 10.6 Å². The summed E-state index contributed by atoms with van der Waals surface area (Å²) in [5, 5.41) is 9.52. The Morgan fingerprint density at radius 3 is 2.65 bits per heavy atom. The summed E-state index contributed by atoms with van der Waals surface area (Å²) in [4.78, 5) is 23.2. The third-order valence-electron chi connectivity index (χ3n) is 3.34. The predicted octanol–water partition coefficient (Wildman–Crippen LogP) is 1.84. The molecule has 0 fully saturated rings. The molecule has 2 amide bonds. The van der Waals surface area contributed by atoms with E-state index in [0.29, 0.717) is 5.69 Å². The number of rotatable bonds is 7. The van der Waals surface area contributed by atoms with Crippen molar-refractivity contribution in [3.8, 4) is 0 Å². The van der Waals surface area contributed by atoms with Crippen molar-refractivity contribution < 1.29 is 9.59 Å². The minimum absolute atomic E-state index is 0.0355. The lowest BCUT2D eigenvalue weighted by atomic mass is 10.1. The molecule has 1 aromatic carbocycles. The average Bonchev–Trinajstić information content (AvgIpc) is 2.99. The van der Waals surface area contributed by atoms with Gasteiger partial charge in [0.15, 0.2) is 0 Å². The van der Waals surface area contributed by atoms with Gasteiger partial charge in [0.05, 0.1) is 18.4 Å². The number of carbonyl (C=O) groups is 2. The molecule has 6 heteroatoms. The van der Waals surface area contributed by atoms with Crippen molar-refractivity contribution in [2.24, 2.45) is 5.92 Å². The van der Waals surface area contributed by atoms with Gasteiger partial charge in [-0.05, 0) is 12.0 Å². The van der Waals surface area contributed by atoms with Crippen LogP contribution in [0.3, 0.4) is 0 Å². The van der Waals surface area contributed by atoms with Gasteiger partial charge in [-0.2, -0.15) is 5.10 Å². The number of anilines is 1. The molecule has 0 radical (unpaired) electrons. The van der Waals surface area contributed by atoms with Gasteiger partial charge in [-0.3, -0.25) is 14.3 Å². The molecule has 0 saturated heterocycles. The number of aromatic nitrogens is 2. The number of carbonyl (C=O) groups excluding carboxylic acids is 2. The monoisotopic (exact) mass is 314 g/mol. The van der Waals surface area contributed by atoms with Gasteiger partial charge in [0.1, 0.15) is 0 Å². The van der Waals surface area contributed by atoms with Gasteiger partial charge in [-0.25, -0.2) is 0 Å². The van der Waals surface area contributed by atoms with E-state index >= 15 is 0 Å². The first-order valence-electron chi connectivity index (χ1n) is 7.68. The van der Waals surface area contributed by atoms with Crippen molar-refractivity contribution in [1.29, 1.82) is 0 Å². The molecule has 122 valence electrons. The Morgan fingerprint density at radius 1 is 1.22 bits per heavy atom. The zero-order valence-electron chi connectivity index (χ0n) is 13.5. The minimum atomic E-state index is -0.262. The number of nitrogens with zero attached hydrogens (tertiary/aromatic N) is 2. The van der Waals surface area contributed by atoms with Crippen molar-refractivity contribution >= 4 is 17.5 Å². The number of nitrogens with one attached hydrogen (secondary N) is 2. The molecule has 6 nitrogen and oxygen atoms in total. The fourth-order valence-corrected chi connectivity index (χ4v) is 2.02. The SMILES string of the molecule is CC(C)C(=O)NCC(=O)Nc1cnn(CCc2ccccc2)c1. The highest BCUT2D eigenvalue weighted by atomic mass is 16.2. The highest BCUT2D eigenvalue weighted by Gasteiger charge is 2.09. The van der Waals surface area contributed by atoms with Crippen LogP contribution in [-0.4, -0.2) is 28.1 Å². The molecular formula is C17H22N4O2. The first-order chi connectivity index (χ1) is 11.0. The zero-order chi connectivity index (χ0) is 16.7. The quantitative estimate of drug-likeness (QED) is 0.819. The van der Waals surface area contributed by atoms with Gasteiger partial charge in [0.25, 0.3) is 0 Å². The molecule has 0 aliphatic carbocycles. The number of amides is 2. The molecule has 0 unspecified atom stereocenters. The Labute approximate surface area is 135 Å². The molecule has 1 aromatic heterocycles. The summed E-state index contributed by atoms with van der Waals surface area (Å²) >= 11 is 0. The second-order valence-corrected chi connectivity index (χ2v) is 5.65. The van der Waals surface area contributed by atoms with Gasteiger partial charge in [-0.1, -0.05) is 44.2 Å². The van der Waals surface area contributed by atoms with Crippen LogP contribution in [0.25, 0.3) is 0 Å². The number of aryl methyl sites for hydroxylation is 2. The van der Waals surface area contributed by atoms with Gasteiger partial charge in [-0.15, -0.1) is 0 Å². The van der Waals surface area contributed by atoms with Crippen LogP contribution in [0.15, 0.2) is 42.7 Å². The molecule has 0 saturated carbocycles. The highest BCUT2D eigenvalue weighted by molar-refractivity contribution is 5.94. The lowest BCUT2D eigenvalue weighted by Gasteiger charge is -2.07. The van der Waals surface area contributed by atoms with Crippen LogP contribution in [0.2, 0.25) is 0 Å². The maximum atomic E-state index is 11.8. The van der Waals surface area contributed by atoms with E-state index in [-0.39, 0.29) is 24.3 Å². The summed E-state index contributed by atoms with van der Waals surface area (Å²) in [6.07, 6.45) is 4.26. The van der Waals surface area contributed by atoms with Crippen molar-refractivity contribution in [2.45, 2.75) is 26.8 Å². The second-order valence-electron chi connectivity index (χ2n) is 5.65. The van der Waals surface area contributed by atoms with Crippen molar-refractivity contribution in [1.82, 2.24) is 15.1 Å². The van der Waals surface area contributed by atoms with E-state index in [1.54, 1.807) is 30.9 Å². The fourth-order valence-electron chi connectivity index (χ4n) is 2.02. The van der Waals surface area contributed by atoms with E-state index in [1.165, 1.54) is 5.56 Å². The first-order valence-corrected chi connectivity index (χ1v) is 7.68. The number of hydrogen-bond acceptors (Lipinski definition) is 3. The number of hydrogen-bond donors (Lipinski definition) is 2. The summed E-state index contributed by atoms with van der Waals surface area (Å²) < 4.78 is 1.79. The van der Waals surface area contributed by atoms with E-state index in [4.69, 9.17) is 0 Å². The summed E-state index contributed by atoms with van der Waals surface area (Å²) in [6.45, 7) is 4.27. The van der Waals surface area contributed by atoms with Crippen LogP contribution in [0, 0.1) is 5.92 Å². The molecule has 0 atom stereocenters. The first kappa shape index (κ1) is 16.7. The Bertz CT molecular complexity index is 650. The zero-order valence-corrected chi connectivity index (χ0v) is 13.5. The molecule has 0 bridgehead atoms.